The molecule has 1 aromatic rings. The minimum absolute atomic E-state index is 0.0897. The minimum Gasteiger partial charge on any atom is -0.455 e. The molecule has 1 aromatic carbocycles. The molecule has 1 aliphatic rings. The van der Waals surface area contributed by atoms with Crippen LogP contribution >= 0.6 is 0 Å². The van der Waals surface area contributed by atoms with E-state index in [2.05, 4.69) is 13.8 Å². The molecule has 1 fully saturated rings. The summed E-state index contributed by atoms with van der Waals surface area (Å²) in [6, 6.07) is 7.74. The quantitative estimate of drug-likeness (QED) is 0.806. The van der Waals surface area contributed by atoms with Crippen molar-refractivity contribution in [3.63, 3.8) is 0 Å². The zero-order chi connectivity index (χ0) is 17.0. The third-order valence-corrected chi connectivity index (χ3v) is 4.19. The van der Waals surface area contributed by atoms with Crippen LogP contribution in [0.5, 0.6) is 0 Å². The van der Waals surface area contributed by atoms with Gasteiger partial charge in [0.15, 0.2) is 6.61 Å². The van der Waals surface area contributed by atoms with Gasteiger partial charge in [0.2, 0.25) is 5.91 Å². The first-order valence-electron chi connectivity index (χ1n) is 7.78. The zero-order valence-corrected chi connectivity index (χ0v) is 13.5. The van der Waals surface area contributed by atoms with E-state index in [9.17, 15) is 14.4 Å². The molecule has 1 heterocycles. The van der Waals surface area contributed by atoms with Gasteiger partial charge in [0.1, 0.15) is 0 Å². The van der Waals surface area contributed by atoms with Crippen molar-refractivity contribution < 1.29 is 19.1 Å². The highest BCUT2D eigenvalue weighted by Crippen LogP contribution is 2.33. The third-order valence-electron chi connectivity index (χ3n) is 4.19. The van der Waals surface area contributed by atoms with E-state index in [0.29, 0.717) is 5.92 Å². The number of ether oxygens (including phenoxy) is 1. The topological polar surface area (TPSA) is 89.7 Å². The van der Waals surface area contributed by atoms with Crippen LogP contribution < -0.4 is 10.6 Å². The van der Waals surface area contributed by atoms with Crippen molar-refractivity contribution in [2.24, 2.45) is 11.7 Å². The van der Waals surface area contributed by atoms with Gasteiger partial charge >= 0.3 is 5.97 Å². The Bertz CT molecular complexity index is 614. The van der Waals surface area contributed by atoms with Crippen LogP contribution in [0.25, 0.3) is 0 Å². The molecular weight excluding hydrogens is 296 g/mol. The Labute approximate surface area is 135 Å². The average molecular weight is 318 g/mol. The largest absolute Gasteiger partial charge is 0.455 e. The fraction of sp³-hybridized carbons (Fsp3) is 0.471. The van der Waals surface area contributed by atoms with Crippen LogP contribution in [0, 0.1) is 5.92 Å². The summed E-state index contributed by atoms with van der Waals surface area (Å²) >= 11 is 0. The van der Waals surface area contributed by atoms with Crippen molar-refractivity contribution in [2.75, 3.05) is 18.1 Å². The molecule has 2 atom stereocenters. The van der Waals surface area contributed by atoms with Gasteiger partial charge in [-0.15, -0.1) is 0 Å². The summed E-state index contributed by atoms with van der Waals surface area (Å²) < 4.78 is 4.83. The van der Waals surface area contributed by atoms with E-state index in [0.717, 1.165) is 17.7 Å². The van der Waals surface area contributed by atoms with Crippen LogP contribution in [0.2, 0.25) is 0 Å². The van der Waals surface area contributed by atoms with Gasteiger partial charge in [0.25, 0.3) is 5.91 Å². The monoisotopic (exact) mass is 318 g/mol. The number of benzene rings is 1. The molecule has 6 heteroatoms. The number of hydrogen-bond donors (Lipinski definition) is 1. The Hall–Kier alpha value is -2.37. The number of nitrogens with two attached hydrogens (primary N) is 1. The molecule has 0 aromatic heterocycles. The molecule has 6 nitrogen and oxygen atoms in total. The summed E-state index contributed by atoms with van der Waals surface area (Å²) in [5, 5.41) is 0. The van der Waals surface area contributed by atoms with Crippen molar-refractivity contribution in [1.82, 2.24) is 0 Å². The van der Waals surface area contributed by atoms with Gasteiger partial charge in [-0.05, 0) is 24.0 Å². The van der Waals surface area contributed by atoms with Gasteiger partial charge in [-0.1, -0.05) is 32.0 Å². The molecular formula is C17H22N2O4. The molecule has 1 aliphatic heterocycles. The van der Waals surface area contributed by atoms with E-state index in [-0.39, 0.29) is 18.9 Å². The van der Waals surface area contributed by atoms with Crippen molar-refractivity contribution in [3.05, 3.63) is 29.8 Å². The first-order chi connectivity index (χ1) is 10.9. The summed E-state index contributed by atoms with van der Waals surface area (Å²) in [6.45, 7) is 4.02. The maximum Gasteiger partial charge on any atom is 0.311 e. The lowest BCUT2D eigenvalue weighted by atomic mass is 9.96. The Kier molecular flexibility index (Phi) is 5.36. The van der Waals surface area contributed by atoms with E-state index < -0.39 is 24.4 Å². The normalized spacial score (nSPS) is 18.8. The molecule has 0 bridgehead atoms. The van der Waals surface area contributed by atoms with Crippen LogP contribution in [-0.2, 0) is 19.1 Å². The second-order valence-electron chi connectivity index (χ2n) is 5.85. The predicted octanol–water partition coefficient (Wildman–Crippen LogP) is 1.58. The number of amides is 2. The van der Waals surface area contributed by atoms with Crippen LogP contribution in [0.3, 0.4) is 0 Å². The first kappa shape index (κ1) is 17.0. The van der Waals surface area contributed by atoms with Gasteiger partial charge in [-0.25, -0.2) is 0 Å². The summed E-state index contributed by atoms with van der Waals surface area (Å²) in [5.41, 5.74) is 6.90. The Balaban J connectivity index is 2.15. The summed E-state index contributed by atoms with van der Waals surface area (Å²) in [5.74, 6) is -1.62. The lowest BCUT2D eigenvalue weighted by Crippen LogP contribution is -2.29. The van der Waals surface area contributed by atoms with Crippen molar-refractivity contribution in [2.45, 2.75) is 32.6 Å². The number of carbonyl (C=O) groups is 3. The molecule has 23 heavy (non-hydrogen) atoms. The summed E-state index contributed by atoms with van der Waals surface area (Å²) in [7, 11) is 0. The number of carbonyl (C=O) groups excluding carboxylic acids is 3. The van der Waals surface area contributed by atoms with Crippen molar-refractivity contribution >= 4 is 23.5 Å². The summed E-state index contributed by atoms with van der Waals surface area (Å²) in [6.07, 6.45) is 1.05. The fourth-order valence-electron chi connectivity index (χ4n) is 2.73. The molecule has 0 spiro atoms. The van der Waals surface area contributed by atoms with Crippen LogP contribution in [0.15, 0.2) is 24.3 Å². The second-order valence-corrected chi connectivity index (χ2v) is 5.85. The van der Waals surface area contributed by atoms with E-state index in [1.807, 2.05) is 24.3 Å². The van der Waals surface area contributed by atoms with E-state index in [1.165, 1.54) is 0 Å². The number of hydrogen-bond acceptors (Lipinski definition) is 4. The lowest BCUT2D eigenvalue weighted by Gasteiger charge is -2.23. The van der Waals surface area contributed by atoms with E-state index >= 15 is 0 Å². The SMILES string of the molecule is CC[C@@H](C)c1ccccc1N1C[C@@H](C(=O)OCC(N)=O)CC1=O. The maximum absolute atomic E-state index is 12.3. The average Bonchev–Trinajstić information content (AvgIpc) is 2.93. The number of anilines is 1. The highest BCUT2D eigenvalue weighted by atomic mass is 16.5. The van der Waals surface area contributed by atoms with Crippen LogP contribution in [-0.4, -0.2) is 30.9 Å². The number of esters is 1. The van der Waals surface area contributed by atoms with Gasteiger partial charge in [0.05, 0.1) is 5.92 Å². The smallest absolute Gasteiger partial charge is 0.311 e. The zero-order valence-electron chi connectivity index (χ0n) is 13.5. The second kappa shape index (κ2) is 7.26. The number of primary amides is 1. The minimum atomic E-state index is -0.707. The molecule has 0 saturated carbocycles. The van der Waals surface area contributed by atoms with Crippen molar-refractivity contribution in [3.8, 4) is 0 Å². The van der Waals surface area contributed by atoms with Gasteiger partial charge in [0, 0.05) is 18.7 Å². The van der Waals surface area contributed by atoms with E-state index in [1.54, 1.807) is 4.90 Å². The highest BCUT2D eigenvalue weighted by Gasteiger charge is 2.37. The van der Waals surface area contributed by atoms with Crippen molar-refractivity contribution in [1.29, 1.82) is 0 Å². The fourth-order valence-corrected chi connectivity index (χ4v) is 2.73. The molecule has 1 saturated heterocycles. The maximum atomic E-state index is 12.3. The molecule has 124 valence electrons. The highest BCUT2D eigenvalue weighted by molar-refractivity contribution is 6.00. The Morgan fingerprint density at radius 3 is 2.74 bits per heavy atom. The van der Waals surface area contributed by atoms with Crippen LogP contribution in [0.1, 0.15) is 38.2 Å². The first-order valence-corrected chi connectivity index (χ1v) is 7.78. The molecule has 0 unspecified atom stereocenters. The molecule has 2 rings (SSSR count). The standard InChI is InChI=1S/C17H22N2O4/c1-3-11(2)13-6-4-5-7-14(13)19-9-12(8-16(19)21)17(22)23-10-15(18)20/h4-7,11-12H,3,8-10H2,1-2H3,(H2,18,20)/t11-,12+/m1/s1. The molecule has 2 N–H and O–H groups in total. The Morgan fingerprint density at radius 2 is 2.09 bits per heavy atom. The van der Waals surface area contributed by atoms with Gasteiger partial charge in [-0.2, -0.15) is 0 Å². The van der Waals surface area contributed by atoms with Gasteiger partial charge < -0.3 is 15.4 Å². The molecule has 0 aliphatic carbocycles. The lowest BCUT2D eigenvalue weighted by molar-refractivity contribution is -0.151. The molecule has 2 amide bonds. The summed E-state index contributed by atoms with van der Waals surface area (Å²) in [4.78, 5) is 36.6. The number of nitrogens with zero attached hydrogens (tertiary/aromatic N) is 1. The third kappa shape index (κ3) is 3.88. The Morgan fingerprint density at radius 1 is 1.39 bits per heavy atom. The predicted molar refractivity (Wildman–Crippen MR) is 85.8 cm³/mol. The van der Waals surface area contributed by atoms with Gasteiger partial charge in [-0.3, -0.25) is 14.4 Å². The van der Waals surface area contributed by atoms with E-state index in [4.69, 9.17) is 10.5 Å². The number of rotatable bonds is 6. The number of para-hydroxylation sites is 1. The molecule has 0 radical (unpaired) electrons. The van der Waals surface area contributed by atoms with Crippen LogP contribution in [0.4, 0.5) is 5.69 Å².